The van der Waals surface area contributed by atoms with Gasteiger partial charge in [-0.05, 0) is 72.1 Å². The number of hydrogen-bond acceptors (Lipinski definition) is 6. The fraction of sp³-hybridized carbons (Fsp3) is 0.412. The van der Waals surface area contributed by atoms with E-state index in [4.69, 9.17) is 9.47 Å². The van der Waals surface area contributed by atoms with Crippen molar-refractivity contribution in [3.05, 3.63) is 98.8 Å². The average molecular weight is 556 g/mol. The molecule has 7 heteroatoms. The van der Waals surface area contributed by atoms with Crippen molar-refractivity contribution in [3.63, 3.8) is 0 Å². The monoisotopic (exact) mass is 555 g/mol. The van der Waals surface area contributed by atoms with Gasteiger partial charge in [-0.2, -0.15) is 0 Å². The fourth-order valence-corrected chi connectivity index (χ4v) is 4.63. The SMILES string of the molecule is CCC(C)(C)c1ccc(OCCOC(=O)c2cccc(Cn3nnc4ccc(C)cc4c3=O)c2)c(C(C)(C)CC)c1. The van der Waals surface area contributed by atoms with Crippen molar-refractivity contribution in [2.45, 2.75) is 78.7 Å². The second kappa shape index (κ2) is 12.2. The van der Waals surface area contributed by atoms with E-state index in [1.807, 2.05) is 31.2 Å². The molecule has 0 aliphatic carbocycles. The molecule has 0 saturated carbocycles. The molecule has 3 aromatic carbocycles. The van der Waals surface area contributed by atoms with E-state index in [9.17, 15) is 9.59 Å². The molecule has 216 valence electrons. The highest BCUT2D eigenvalue weighted by Gasteiger charge is 2.26. The highest BCUT2D eigenvalue weighted by atomic mass is 16.6. The number of hydrogen-bond donors (Lipinski definition) is 0. The molecule has 0 N–H and O–H groups in total. The van der Waals surface area contributed by atoms with Gasteiger partial charge in [0.25, 0.3) is 5.56 Å². The van der Waals surface area contributed by atoms with Gasteiger partial charge in [0.1, 0.15) is 24.5 Å². The van der Waals surface area contributed by atoms with Crippen molar-refractivity contribution in [3.8, 4) is 5.75 Å². The number of aryl methyl sites for hydroxylation is 1. The molecule has 1 aromatic heterocycles. The Kier molecular flexibility index (Phi) is 8.95. The van der Waals surface area contributed by atoms with Gasteiger partial charge in [0, 0.05) is 5.56 Å². The van der Waals surface area contributed by atoms with E-state index in [1.165, 1.54) is 15.8 Å². The Labute approximate surface area is 242 Å². The van der Waals surface area contributed by atoms with Gasteiger partial charge in [-0.25, -0.2) is 9.48 Å². The molecule has 0 fully saturated rings. The van der Waals surface area contributed by atoms with E-state index in [0.717, 1.165) is 29.7 Å². The number of aromatic nitrogens is 3. The smallest absolute Gasteiger partial charge is 0.338 e. The van der Waals surface area contributed by atoms with E-state index < -0.39 is 5.97 Å². The molecule has 1 heterocycles. The van der Waals surface area contributed by atoms with Gasteiger partial charge in [0.15, 0.2) is 0 Å². The van der Waals surface area contributed by atoms with Crippen LogP contribution in [-0.4, -0.2) is 34.2 Å². The Morgan fingerprint density at radius 1 is 0.902 bits per heavy atom. The quantitative estimate of drug-likeness (QED) is 0.150. The maximum atomic E-state index is 12.9. The molecule has 0 unspecified atom stereocenters. The maximum Gasteiger partial charge on any atom is 0.338 e. The third kappa shape index (κ3) is 6.84. The van der Waals surface area contributed by atoms with E-state index in [1.54, 1.807) is 24.3 Å². The number of esters is 1. The number of nitrogens with zero attached hydrogens (tertiary/aromatic N) is 3. The lowest BCUT2D eigenvalue weighted by Crippen LogP contribution is -2.25. The number of carbonyl (C=O) groups is 1. The Bertz CT molecular complexity index is 1600. The minimum Gasteiger partial charge on any atom is -0.490 e. The molecular weight excluding hydrogens is 514 g/mol. The lowest BCUT2D eigenvalue weighted by molar-refractivity contribution is 0.0449. The van der Waals surface area contributed by atoms with Crippen LogP contribution in [0.3, 0.4) is 0 Å². The van der Waals surface area contributed by atoms with Crippen LogP contribution in [0, 0.1) is 6.92 Å². The second-order valence-corrected chi connectivity index (χ2v) is 11.9. The van der Waals surface area contributed by atoms with Gasteiger partial charge in [-0.15, -0.1) is 5.10 Å². The molecule has 7 nitrogen and oxygen atoms in total. The summed E-state index contributed by atoms with van der Waals surface area (Å²) in [6.07, 6.45) is 2.02. The number of benzene rings is 3. The Balaban J connectivity index is 1.41. The largest absolute Gasteiger partial charge is 0.490 e. The van der Waals surface area contributed by atoms with E-state index in [0.29, 0.717) is 16.5 Å². The van der Waals surface area contributed by atoms with Crippen LogP contribution in [-0.2, 0) is 22.1 Å². The number of ether oxygens (including phenoxy) is 2. The zero-order chi connectivity index (χ0) is 29.8. The van der Waals surface area contributed by atoms with Crippen molar-refractivity contribution in [2.24, 2.45) is 0 Å². The van der Waals surface area contributed by atoms with Crippen LogP contribution in [0.15, 0.2) is 65.5 Å². The highest BCUT2D eigenvalue weighted by Crippen LogP contribution is 2.38. The van der Waals surface area contributed by atoms with Crippen LogP contribution in [0.1, 0.15) is 87.0 Å². The van der Waals surface area contributed by atoms with Gasteiger partial charge in [0.2, 0.25) is 0 Å². The van der Waals surface area contributed by atoms with Crippen molar-refractivity contribution >= 4 is 16.9 Å². The predicted octanol–water partition coefficient (Wildman–Crippen LogP) is 6.76. The third-order valence-electron chi connectivity index (χ3n) is 8.20. The Hall–Kier alpha value is -4.00. The summed E-state index contributed by atoms with van der Waals surface area (Å²) >= 11 is 0. The molecule has 0 saturated heterocycles. The normalized spacial score (nSPS) is 12.0. The molecule has 0 aliphatic heterocycles. The first-order chi connectivity index (χ1) is 19.4. The maximum absolute atomic E-state index is 12.9. The summed E-state index contributed by atoms with van der Waals surface area (Å²) in [5, 5.41) is 8.76. The Morgan fingerprint density at radius 3 is 2.39 bits per heavy atom. The van der Waals surface area contributed by atoms with E-state index in [2.05, 4.69) is 64.0 Å². The fourth-order valence-electron chi connectivity index (χ4n) is 4.63. The minimum atomic E-state index is -0.447. The van der Waals surface area contributed by atoms with Gasteiger partial charge in [0.05, 0.1) is 17.5 Å². The van der Waals surface area contributed by atoms with Gasteiger partial charge in [-0.3, -0.25) is 4.79 Å². The molecule has 4 aromatic rings. The van der Waals surface area contributed by atoms with Gasteiger partial charge < -0.3 is 9.47 Å². The zero-order valence-electron chi connectivity index (χ0n) is 25.3. The molecule has 0 bridgehead atoms. The summed E-state index contributed by atoms with van der Waals surface area (Å²) < 4.78 is 13.0. The predicted molar refractivity (Wildman–Crippen MR) is 163 cm³/mol. The summed E-state index contributed by atoms with van der Waals surface area (Å²) in [6.45, 7) is 15.8. The highest BCUT2D eigenvalue weighted by molar-refractivity contribution is 5.89. The van der Waals surface area contributed by atoms with Crippen LogP contribution in [0.5, 0.6) is 5.75 Å². The molecule has 0 aliphatic rings. The van der Waals surface area contributed by atoms with Crippen LogP contribution in [0.2, 0.25) is 0 Å². The van der Waals surface area contributed by atoms with Crippen LogP contribution in [0.25, 0.3) is 10.9 Å². The topological polar surface area (TPSA) is 83.3 Å². The standard InChI is InChI=1S/C34H41N3O4/c1-8-33(4,5)26-14-16-30(28(21-26)34(6,7)9-2)40-17-18-41-32(39)25-12-10-11-24(20-25)22-37-31(38)27-19-23(3)13-15-29(27)35-36-37/h10-16,19-21H,8-9,17-18,22H2,1-7H3. The molecular formula is C34H41N3O4. The van der Waals surface area contributed by atoms with Crippen molar-refractivity contribution in [2.75, 3.05) is 13.2 Å². The Morgan fingerprint density at radius 2 is 1.66 bits per heavy atom. The van der Waals surface area contributed by atoms with E-state index >= 15 is 0 Å². The van der Waals surface area contributed by atoms with Crippen molar-refractivity contribution in [1.82, 2.24) is 15.0 Å². The van der Waals surface area contributed by atoms with Crippen LogP contribution >= 0.6 is 0 Å². The van der Waals surface area contributed by atoms with Crippen LogP contribution in [0.4, 0.5) is 0 Å². The summed E-state index contributed by atoms with van der Waals surface area (Å²) in [5.74, 6) is 0.375. The molecule has 41 heavy (non-hydrogen) atoms. The lowest BCUT2D eigenvalue weighted by Gasteiger charge is -2.30. The lowest BCUT2D eigenvalue weighted by atomic mass is 9.76. The van der Waals surface area contributed by atoms with E-state index in [-0.39, 0.29) is 36.1 Å². The third-order valence-corrected chi connectivity index (χ3v) is 8.20. The minimum absolute atomic E-state index is 0.0531. The van der Waals surface area contributed by atoms with Gasteiger partial charge >= 0.3 is 5.97 Å². The second-order valence-electron chi connectivity index (χ2n) is 11.9. The molecule has 4 rings (SSSR count). The van der Waals surface area contributed by atoms with Crippen LogP contribution < -0.4 is 10.3 Å². The molecule has 0 spiro atoms. The molecule has 0 atom stereocenters. The zero-order valence-corrected chi connectivity index (χ0v) is 25.3. The average Bonchev–Trinajstić information content (AvgIpc) is 2.97. The summed E-state index contributed by atoms with van der Waals surface area (Å²) in [4.78, 5) is 25.8. The summed E-state index contributed by atoms with van der Waals surface area (Å²) in [5.41, 5.74) is 4.95. The van der Waals surface area contributed by atoms with Gasteiger partial charge in [-0.1, -0.05) is 82.7 Å². The molecule has 0 amide bonds. The number of fused-ring (bicyclic) bond motifs is 1. The first-order valence-corrected chi connectivity index (χ1v) is 14.3. The van der Waals surface area contributed by atoms with Crippen molar-refractivity contribution in [1.29, 1.82) is 0 Å². The summed E-state index contributed by atoms with van der Waals surface area (Å²) in [6, 6.07) is 19.0. The summed E-state index contributed by atoms with van der Waals surface area (Å²) in [7, 11) is 0. The first-order valence-electron chi connectivity index (χ1n) is 14.3. The van der Waals surface area contributed by atoms with Crippen molar-refractivity contribution < 1.29 is 14.3 Å². The number of rotatable bonds is 11. The number of carbonyl (C=O) groups excluding carboxylic acids is 1. The molecule has 0 radical (unpaired) electrons. The first kappa shape index (κ1) is 30.0.